The van der Waals surface area contributed by atoms with E-state index < -0.39 is 0 Å². The maximum Gasteiger partial charge on any atom is 0.144 e. The van der Waals surface area contributed by atoms with Gasteiger partial charge in [0, 0.05) is 18.5 Å². The average molecular weight is 275 g/mol. The third kappa shape index (κ3) is 3.51. The molecule has 0 fully saturated rings. The number of amidine groups is 1. The first-order valence-electron chi connectivity index (χ1n) is 7.30. The maximum absolute atomic E-state index is 8.82. The summed E-state index contributed by atoms with van der Waals surface area (Å²) >= 11 is 0. The molecule has 0 unspecified atom stereocenters. The van der Waals surface area contributed by atoms with Crippen LogP contribution in [0.1, 0.15) is 31.4 Å². The summed E-state index contributed by atoms with van der Waals surface area (Å²) in [6, 6.07) is 8.71. The van der Waals surface area contributed by atoms with Crippen LogP contribution in [0.25, 0.3) is 0 Å². The highest BCUT2D eigenvalue weighted by Gasteiger charge is 2.25. The third-order valence-corrected chi connectivity index (χ3v) is 4.37. The third-order valence-electron chi connectivity index (χ3n) is 4.37. The van der Waals surface area contributed by atoms with Gasteiger partial charge in [-0.2, -0.15) is 0 Å². The van der Waals surface area contributed by atoms with Gasteiger partial charge in [0.2, 0.25) is 0 Å². The van der Waals surface area contributed by atoms with E-state index in [1.165, 1.54) is 11.1 Å². The molecule has 0 amide bonds. The van der Waals surface area contributed by atoms with Gasteiger partial charge in [0.25, 0.3) is 0 Å². The minimum atomic E-state index is -0.256. The summed E-state index contributed by atoms with van der Waals surface area (Å²) in [7, 11) is 0. The highest BCUT2D eigenvalue weighted by atomic mass is 16.4. The summed E-state index contributed by atoms with van der Waals surface area (Å²) in [4.78, 5) is 2.48. The molecule has 0 saturated heterocycles. The topological polar surface area (TPSA) is 61.8 Å². The fourth-order valence-corrected chi connectivity index (χ4v) is 2.64. The molecule has 0 saturated carbocycles. The van der Waals surface area contributed by atoms with Crippen LogP contribution in [0, 0.1) is 5.41 Å². The van der Waals surface area contributed by atoms with E-state index in [1.54, 1.807) is 0 Å². The molecule has 0 radical (unpaired) electrons. The van der Waals surface area contributed by atoms with E-state index in [4.69, 9.17) is 10.9 Å². The van der Waals surface area contributed by atoms with Crippen molar-refractivity contribution in [3.05, 3.63) is 35.4 Å². The van der Waals surface area contributed by atoms with Crippen LogP contribution in [0.15, 0.2) is 29.4 Å². The van der Waals surface area contributed by atoms with Gasteiger partial charge in [0.05, 0.1) is 0 Å². The summed E-state index contributed by atoms with van der Waals surface area (Å²) in [5, 5.41) is 12.0. The van der Waals surface area contributed by atoms with Gasteiger partial charge >= 0.3 is 0 Å². The van der Waals surface area contributed by atoms with E-state index in [-0.39, 0.29) is 5.41 Å². The van der Waals surface area contributed by atoms with Gasteiger partial charge in [-0.3, -0.25) is 0 Å². The number of hydrogen-bond acceptors (Lipinski definition) is 3. The molecule has 4 nitrogen and oxygen atoms in total. The quantitative estimate of drug-likeness (QED) is 0.383. The molecule has 20 heavy (non-hydrogen) atoms. The largest absolute Gasteiger partial charge is 0.409 e. The van der Waals surface area contributed by atoms with Gasteiger partial charge in [-0.15, -0.1) is 0 Å². The Morgan fingerprint density at radius 1 is 1.25 bits per heavy atom. The van der Waals surface area contributed by atoms with E-state index in [2.05, 4.69) is 34.3 Å². The lowest BCUT2D eigenvalue weighted by atomic mass is 9.88. The molecule has 0 atom stereocenters. The molecular formula is C16H25N3O. The molecule has 1 aliphatic heterocycles. The van der Waals surface area contributed by atoms with E-state index in [0.29, 0.717) is 5.84 Å². The van der Waals surface area contributed by atoms with Crippen molar-refractivity contribution in [3.8, 4) is 0 Å². The zero-order valence-electron chi connectivity index (χ0n) is 12.5. The maximum atomic E-state index is 8.82. The van der Waals surface area contributed by atoms with E-state index in [1.807, 2.05) is 13.8 Å². The zero-order valence-corrected chi connectivity index (χ0v) is 12.5. The molecule has 0 aromatic heterocycles. The number of nitrogens with zero attached hydrogens (tertiary/aromatic N) is 2. The highest BCUT2D eigenvalue weighted by molar-refractivity contribution is 5.85. The smallest absolute Gasteiger partial charge is 0.144 e. The SMILES string of the molecule is CC(C)(CCN1CCc2ccccc2CC1)C(N)=NO. The number of benzene rings is 1. The van der Waals surface area contributed by atoms with Crippen molar-refractivity contribution in [2.24, 2.45) is 16.3 Å². The van der Waals surface area contributed by atoms with Crippen molar-refractivity contribution < 1.29 is 5.21 Å². The summed E-state index contributed by atoms with van der Waals surface area (Å²) in [5.41, 5.74) is 8.45. The zero-order chi connectivity index (χ0) is 14.6. The monoisotopic (exact) mass is 275 g/mol. The van der Waals surface area contributed by atoms with Crippen molar-refractivity contribution in [3.63, 3.8) is 0 Å². The normalized spacial score (nSPS) is 17.6. The first kappa shape index (κ1) is 14.9. The molecule has 0 aliphatic carbocycles. The Labute approximate surface area is 121 Å². The fourth-order valence-electron chi connectivity index (χ4n) is 2.64. The highest BCUT2D eigenvalue weighted by Crippen LogP contribution is 2.22. The molecular weight excluding hydrogens is 250 g/mol. The predicted octanol–water partition coefficient (Wildman–Crippen LogP) is 2.25. The van der Waals surface area contributed by atoms with Crippen LogP contribution >= 0.6 is 0 Å². The first-order valence-corrected chi connectivity index (χ1v) is 7.30. The summed E-state index contributed by atoms with van der Waals surface area (Å²) < 4.78 is 0. The van der Waals surface area contributed by atoms with Gasteiger partial charge < -0.3 is 15.8 Å². The van der Waals surface area contributed by atoms with Crippen LogP contribution in [-0.2, 0) is 12.8 Å². The molecule has 2 rings (SSSR count). The van der Waals surface area contributed by atoms with Crippen molar-refractivity contribution in [2.45, 2.75) is 33.1 Å². The Bertz CT molecular complexity index is 455. The Hall–Kier alpha value is -1.55. The lowest BCUT2D eigenvalue weighted by Gasteiger charge is -2.27. The van der Waals surface area contributed by atoms with E-state index in [0.717, 1.165) is 38.9 Å². The number of oxime groups is 1. The number of hydrogen-bond donors (Lipinski definition) is 2. The average Bonchev–Trinajstić information content (AvgIpc) is 2.67. The molecule has 1 aromatic rings. The van der Waals surface area contributed by atoms with Crippen LogP contribution in [0.4, 0.5) is 0 Å². The molecule has 3 N–H and O–H groups in total. The second-order valence-corrected chi connectivity index (χ2v) is 6.23. The van der Waals surface area contributed by atoms with E-state index in [9.17, 15) is 0 Å². The van der Waals surface area contributed by atoms with Gasteiger partial charge in [0.15, 0.2) is 0 Å². The second kappa shape index (κ2) is 6.27. The minimum absolute atomic E-state index is 0.256. The van der Waals surface area contributed by atoms with Crippen molar-refractivity contribution in [2.75, 3.05) is 19.6 Å². The van der Waals surface area contributed by atoms with Crippen LogP contribution in [-0.4, -0.2) is 35.6 Å². The Morgan fingerprint density at radius 3 is 2.30 bits per heavy atom. The number of rotatable bonds is 4. The predicted molar refractivity (Wildman–Crippen MR) is 82.1 cm³/mol. The molecule has 0 spiro atoms. The first-order chi connectivity index (χ1) is 9.53. The van der Waals surface area contributed by atoms with Gasteiger partial charge in [0.1, 0.15) is 5.84 Å². The summed E-state index contributed by atoms with van der Waals surface area (Å²) in [6.07, 6.45) is 3.12. The van der Waals surface area contributed by atoms with Crippen LogP contribution in [0.2, 0.25) is 0 Å². The number of fused-ring (bicyclic) bond motifs is 1. The van der Waals surface area contributed by atoms with Crippen LogP contribution < -0.4 is 5.73 Å². The van der Waals surface area contributed by atoms with Crippen molar-refractivity contribution >= 4 is 5.84 Å². The summed E-state index contributed by atoms with van der Waals surface area (Å²) in [5.74, 6) is 0.315. The lowest BCUT2D eigenvalue weighted by Crippen LogP contribution is -2.37. The van der Waals surface area contributed by atoms with E-state index >= 15 is 0 Å². The minimum Gasteiger partial charge on any atom is -0.409 e. The molecule has 0 bridgehead atoms. The Kier molecular flexibility index (Phi) is 4.65. The molecule has 1 aliphatic rings. The summed E-state index contributed by atoms with van der Waals surface area (Å²) in [6.45, 7) is 7.20. The van der Waals surface area contributed by atoms with Crippen molar-refractivity contribution in [1.82, 2.24) is 4.90 Å². The standard InChI is InChI=1S/C16H25N3O/c1-16(2,15(17)18-20)9-12-19-10-7-13-5-3-4-6-14(13)8-11-19/h3-6,20H,7-12H2,1-2H3,(H2,17,18). The van der Waals surface area contributed by atoms with Gasteiger partial charge in [-0.25, -0.2) is 0 Å². The Morgan fingerprint density at radius 2 is 1.80 bits per heavy atom. The van der Waals surface area contributed by atoms with Crippen LogP contribution in [0.3, 0.4) is 0 Å². The number of nitrogens with two attached hydrogens (primary N) is 1. The molecule has 110 valence electrons. The van der Waals surface area contributed by atoms with Gasteiger partial charge in [-0.05, 0) is 36.9 Å². The lowest BCUT2D eigenvalue weighted by molar-refractivity contribution is 0.249. The van der Waals surface area contributed by atoms with Crippen LogP contribution in [0.5, 0.6) is 0 Å². The molecule has 1 aromatic carbocycles. The molecule has 4 heteroatoms. The fraction of sp³-hybridized carbons (Fsp3) is 0.562. The Balaban J connectivity index is 1.91. The van der Waals surface area contributed by atoms with Gasteiger partial charge in [-0.1, -0.05) is 43.3 Å². The van der Waals surface area contributed by atoms with Crippen molar-refractivity contribution in [1.29, 1.82) is 0 Å². The second-order valence-electron chi connectivity index (χ2n) is 6.23. The molecule has 1 heterocycles.